The molecule has 0 unspecified atom stereocenters. The molecule has 0 radical (unpaired) electrons. The number of para-hydroxylation sites is 1. The van der Waals surface area contributed by atoms with Gasteiger partial charge in [0.2, 0.25) is 0 Å². The predicted octanol–water partition coefficient (Wildman–Crippen LogP) is 4.91. The maximum atomic E-state index is 11.8. The Labute approximate surface area is 198 Å². The molecule has 170 valence electrons. The van der Waals surface area contributed by atoms with E-state index in [1.165, 1.54) is 0 Å². The van der Waals surface area contributed by atoms with Crippen LogP contribution in [0.1, 0.15) is 38.6 Å². The van der Waals surface area contributed by atoms with E-state index in [0.29, 0.717) is 0 Å². The Hall–Kier alpha value is -4.18. The Bertz CT molecular complexity index is 1340. The first-order valence-corrected chi connectivity index (χ1v) is 11.5. The molecule has 4 aromatic rings. The van der Waals surface area contributed by atoms with Crippen LogP contribution in [0.25, 0.3) is 22.3 Å². The molecular weight excluding hydrogens is 426 g/mol. The van der Waals surface area contributed by atoms with Gasteiger partial charge >= 0.3 is 0 Å². The topological polar surface area (TPSA) is 81.9 Å². The minimum Gasteiger partial charge on any atom is -0.457 e. The molecule has 1 saturated carbocycles. The lowest BCUT2D eigenvalue weighted by Gasteiger charge is -2.28. The summed E-state index contributed by atoms with van der Waals surface area (Å²) in [6, 6.07) is 18.0. The fraction of sp³-hybridized carbons (Fsp3) is 0.259. The van der Waals surface area contributed by atoms with Crippen molar-refractivity contribution >= 4 is 16.9 Å². The summed E-state index contributed by atoms with van der Waals surface area (Å²) in [6.07, 6.45) is 6.98. The van der Waals surface area contributed by atoms with E-state index in [-0.39, 0.29) is 18.0 Å². The van der Waals surface area contributed by atoms with Crippen molar-refractivity contribution in [3.8, 4) is 34.6 Å². The average molecular weight is 452 g/mol. The highest BCUT2D eigenvalue weighted by molar-refractivity contribution is 5.93. The normalized spacial score (nSPS) is 17.6. The molecule has 1 aliphatic rings. The molecular formula is C27H25N5O2. The van der Waals surface area contributed by atoms with Gasteiger partial charge in [-0.2, -0.15) is 5.10 Å². The largest absolute Gasteiger partial charge is 0.457 e. The summed E-state index contributed by atoms with van der Waals surface area (Å²) in [5.74, 6) is 6.56. The summed E-state index contributed by atoms with van der Waals surface area (Å²) in [7, 11) is 0. The molecule has 0 spiro atoms. The first-order chi connectivity index (χ1) is 16.7. The van der Waals surface area contributed by atoms with Crippen LogP contribution in [0, 0.1) is 11.8 Å². The van der Waals surface area contributed by atoms with Crippen molar-refractivity contribution in [2.45, 2.75) is 44.7 Å². The molecule has 5 rings (SSSR count). The molecule has 1 aliphatic carbocycles. The van der Waals surface area contributed by atoms with E-state index in [1.54, 1.807) is 13.3 Å². The number of carbonyl (C=O) groups excluding carboxylic acids is 1. The third-order valence-electron chi connectivity index (χ3n) is 6.09. The lowest BCUT2D eigenvalue weighted by molar-refractivity contribution is -0.116. The highest BCUT2D eigenvalue weighted by Gasteiger charge is 2.26. The summed E-state index contributed by atoms with van der Waals surface area (Å²) in [6.45, 7) is 1.67. The van der Waals surface area contributed by atoms with Gasteiger partial charge in [0, 0.05) is 17.8 Å². The standard InChI is InChI=1S/C27H25N5O2/c1-2-6-25(33)30-20-11-13-21(14-12-20)32-27-24(17-28-18-29-27)26(31-32)19-9-15-23(16-10-19)34-22-7-4-3-5-8-22/h3-5,7-10,15-18,20-21H,11-14H2,1H3,(H,30,33)/t20-,21+. The zero-order valence-electron chi connectivity index (χ0n) is 18.9. The number of fused-ring (bicyclic) bond motifs is 1. The molecule has 0 bridgehead atoms. The molecule has 2 aromatic heterocycles. The average Bonchev–Trinajstić information content (AvgIpc) is 3.26. The van der Waals surface area contributed by atoms with Gasteiger partial charge in [0.05, 0.1) is 11.4 Å². The van der Waals surface area contributed by atoms with E-state index in [4.69, 9.17) is 9.84 Å². The number of benzene rings is 2. The first kappa shape index (κ1) is 21.7. The fourth-order valence-corrected chi connectivity index (χ4v) is 4.45. The van der Waals surface area contributed by atoms with Crippen molar-refractivity contribution in [1.29, 1.82) is 0 Å². The number of nitrogens with one attached hydrogen (secondary N) is 1. The summed E-state index contributed by atoms with van der Waals surface area (Å²) >= 11 is 0. The third kappa shape index (κ3) is 4.62. The van der Waals surface area contributed by atoms with Gasteiger partial charge in [-0.05, 0) is 74.9 Å². The number of nitrogens with zero attached hydrogens (tertiary/aromatic N) is 4. The van der Waals surface area contributed by atoms with Gasteiger partial charge in [0.1, 0.15) is 23.5 Å². The Morgan fingerprint density at radius 3 is 2.50 bits per heavy atom. The number of carbonyl (C=O) groups is 1. The SMILES string of the molecule is CC#CC(=O)N[C@H]1CC[C@@H](n2nc(-c3ccc(Oc4ccccc4)cc3)c3cncnc32)CC1. The van der Waals surface area contributed by atoms with Crippen LogP contribution >= 0.6 is 0 Å². The van der Waals surface area contributed by atoms with E-state index in [1.807, 2.05) is 65.5 Å². The fourth-order valence-electron chi connectivity index (χ4n) is 4.45. The van der Waals surface area contributed by atoms with Gasteiger partial charge in [0.15, 0.2) is 5.65 Å². The minimum atomic E-state index is -0.204. The number of ether oxygens (including phenoxy) is 1. The second-order valence-corrected chi connectivity index (χ2v) is 8.35. The van der Waals surface area contributed by atoms with Gasteiger partial charge in [0.25, 0.3) is 5.91 Å². The predicted molar refractivity (Wildman–Crippen MR) is 130 cm³/mol. The van der Waals surface area contributed by atoms with E-state index in [9.17, 15) is 4.79 Å². The van der Waals surface area contributed by atoms with Crippen molar-refractivity contribution in [1.82, 2.24) is 25.1 Å². The summed E-state index contributed by atoms with van der Waals surface area (Å²) in [4.78, 5) is 20.6. The quantitative estimate of drug-likeness (QED) is 0.436. The summed E-state index contributed by atoms with van der Waals surface area (Å²) in [5.41, 5.74) is 2.67. The lowest BCUT2D eigenvalue weighted by atomic mass is 9.91. The van der Waals surface area contributed by atoms with E-state index < -0.39 is 0 Å². The Balaban J connectivity index is 1.36. The zero-order valence-corrected chi connectivity index (χ0v) is 18.9. The molecule has 2 aromatic carbocycles. The number of aromatic nitrogens is 4. The van der Waals surface area contributed by atoms with Crippen LogP contribution < -0.4 is 10.1 Å². The maximum Gasteiger partial charge on any atom is 0.296 e. The van der Waals surface area contributed by atoms with Gasteiger partial charge in [-0.25, -0.2) is 14.6 Å². The summed E-state index contributed by atoms with van der Waals surface area (Å²) < 4.78 is 7.95. The van der Waals surface area contributed by atoms with Crippen molar-refractivity contribution in [2.24, 2.45) is 0 Å². The summed E-state index contributed by atoms with van der Waals surface area (Å²) in [5, 5.41) is 8.90. The molecule has 1 N–H and O–H groups in total. The lowest BCUT2D eigenvalue weighted by Crippen LogP contribution is -2.37. The Morgan fingerprint density at radius 1 is 1.03 bits per heavy atom. The number of hydrogen-bond donors (Lipinski definition) is 1. The molecule has 0 saturated heterocycles. The molecule has 7 nitrogen and oxygen atoms in total. The van der Waals surface area contributed by atoms with Crippen LogP contribution in [-0.2, 0) is 4.79 Å². The maximum absolute atomic E-state index is 11.8. The van der Waals surface area contributed by atoms with E-state index in [2.05, 4.69) is 27.1 Å². The minimum absolute atomic E-state index is 0.151. The van der Waals surface area contributed by atoms with E-state index >= 15 is 0 Å². The highest BCUT2D eigenvalue weighted by Crippen LogP contribution is 2.34. The smallest absolute Gasteiger partial charge is 0.296 e. The van der Waals surface area contributed by atoms with Gasteiger partial charge in [-0.3, -0.25) is 4.79 Å². The van der Waals surface area contributed by atoms with Crippen molar-refractivity contribution in [3.05, 3.63) is 67.1 Å². The molecule has 0 aliphatic heterocycles. The molecule has 1 amide bonds. The van der Waals surface area contributed by atoms with Crippen LogP contribution in [0.2, 0.25) is 0 Å². The number of hydrogen-bond acceptors (Lipinski definition) is 5. The van der Waals surface area contributed by atoms with E-state index in [0.717, 1.165) is 59.5 Å². The van der Waals surface area contributed by atoms with Crippen molar-refractivity contribution in [3.63, 3.8) is 0 Å². The molecule has 1 fully saturated rings. The number of amides is 1. The van der Waals surface area contributed by atoms with Crippen molar-refractivity contribution < 1.29 is 9.53 Å². The van der Waals surface area contributed by atoms with Crippen LogP contribution in [0.15, 0.2) is 67.1 Å². The molecule has 34 heavy (non-hydrogen) atoms. The third-order valence-corrected chi connectivity index (χ3v) is 6.09. The van der Waals surface area contributed by atoms with Crippen LogP contribution in [-0.4, -0.2) is 31.7 Å². The molecule has 2 heterocycles. The Morgan fingerprint density at radius 2 is 1.76 bits per heavy atom. The van der Waals surface area contributed by atoms with Crippen LogP contribution in [0.4, 0.5) is 0 Å². The first-order valence-electron chi connectivity index (χ1n) is 11.5. The van der Waals surface area contributed by atoms with Crippen LogP contribution in [0.3, 0.4) is 0 Å². The van der Waals surface area contributed by atoms with Crippen LogP contribution in [0.5, 0.6) is 11.5 Å². The van der Waals surface area contributed by atoms with Crippen molar-refractivity contribution in [2.75, 3.05) is 0 Å². The Kier molecular flexibility index (Phi) is 6.21. The van der Waals surface area contributed by atoms with Gasteiger partial charge in [-0.1, -0.05) is 24.1 Å². The molecule has 7 heteroatoms. The zero-order chi connectivity index (χ0) is 23.3. The highest BCUT2D eigenvalue weighted by atomic mass is 16.5. The second-order valence-electron chi connectivity index (χ2n) is 8.35. The molecule has 0 atom stereocenters. The second kappa shape index (κ2) is 9.75. The van der Waals surface area contributed by atoms with Gasteiger partial charge < -0.3 is 10.1 Å². The monoisotopic (exact) mass is 451 g/mol. The van der Waals surface area contributed by atoms with Gasteiger partial charge in [-0.15, -0.1) is 0 Å². The number of rotatable bonds is 5.